The van der Waals surface area contributed by atoms with Crippen LogP contribution in [-0.4, -0.2) is 42.2 Å². The van der Waals surface area contributed by atoms with Gasteiger partial charge >= 0.3 is 6.03 Å². The molecule has 0 unspecified atom stereocenters. The van der Waals surface area contributed by atoms with E-state index in [1.807, 2.05) is 17.0 Å². The van der Waals surface area contributed by atoms with E-state index in [2.05, 4.69) is 10.3 Å². The third kappa shape index (κ3) is 2.93. The molecule has 0 radical (unpaired) electrons. The molecule has 1 aromatic rings. The maximum atomic E-state index is 12.2. The third-order valence-corrected chi connectivity index (χ3v) is 4.58. The minimum absolute atomic E-state index is 0.0140. The van der Waals surface area contributed by atoms with Crippen LogP contribution >= 0.6 is 0 Å². The van der Waals surface area contributed by atoms with Crippen LogP contribution in [0.1, 0.15) is 25.7 Å². The summed E-state index contributed by atoms with van der Waals surface area (Å²) in [5.74, 6) is 0. The molecule has 20 heavy (non-hydrogen) atoms. The van der Waals surface area contributed by atoms with Crippen molar-refractivity contribution in [2.45, 2.75) is 25.7 Å². The Morgan fingerprint density at radius 1 is 1.25 bits per heavy atom. The van der Waals surface area contributed by atoms with Gasteiger partial charge in [0.25, 0.3) is 0 Å². The van der Waals surface area contributed by atoms with Gasteiger partial charge in [0.1, 0.15) is 0 Å². The molecule has 5 nitrogen and oxygen atoms in total. The van der Waals surface area contributed by atoms with E-state index in [1.54, 1.807) is 12.4 Å². The van der Waals surface area contributed by atoms with Crippen LogP contribution in [0.15, 0.2) is 24.5 Å². The van der Waals surface area contributed by atoms with Crippen molar-refractivity contribution in [3.05, 3.63) is 24.5 Å². The van der Waals surface area contributed by atoms with Gasteiger partial charge in [-0.1, -0.05) is 0 Å². The van der Waals surface area contributed by atoms with Crippen LogP contribution in [0.3, 0.4) is 0 Å². The molecule has 1 aromatic heterocycles. The van der Waals surface area contributed by atoms with Gasteiger partial charge < -0.3 is 15.0 Å². The Morgan fingerprint density at radius 2 is 2.00 bits per heavy atom. The molecule has 3 heterocycles. The molecule has 2 fully saturated rings. The number of rotatable bonds is 1. The SMILES string of the molecule is O=C(Nc1cccnc1)N1CCC2(CCOCC2)CC1. The topological polar surface area (TPSA) is 54.5 Å². The maximum Gasteiger partial charge on any atom is 0.321 e. The van der Waals surface area contributed by atoms with Gasteiger partial charge in [-0.05, 0) is 43.2 Å². The fraction of sp³-hybridized carbons (Fsp3) is 0.600. The minimum Gasteiger partial charge on any atom is -0.381 e. The van der Waals surface area contributed by atoms with E-state index in [0.29, 0.717) is 5.41 Å². The molecule has 0 aliphatic carbocycles. The zero-order chi connectivity index (χ0) is 13.8. The highest BCUT2D eigenvalue weighted by molar-refractivity contribution is 5.89. The van der Waals surface area contributed by atoms with Crippen LogP contribution in [0.4, 0.5) is 10.5 Å². The van der Waals surface area contributed by atoms with Crippen LogP contribution in [0.25, 0.3) is 0 Å². The first-order valence-corrected chi connectivity index (χ1v) is 7.31. The van der Waals surface area contributed by atoms with Gasteiger partial charge in [-0.15, -0.1) is 0 Å². The molecule has 2 aliphatic rings. The second-order valence-corrected chi connectivity index (χ2v) is 5.77. The van der Waals surface area contributed by atoms with Crippen LogP contribution in [0.5, 0.6) is 0 Å². The number of pyridine rings is 1. The Balaban J connectivity index is 1.54. The summed E-state index contributed by atoms with van der Waals surface area (Å²) in [5.41, 5.74) is 1.17. The Kier molecular flexibility index (Phi) is 3.87. The van der Waals surface area contributed by atoms with Crippen molar-refractivity contribution in [2.75, 3.05) is 31.6 Å². The number of piperidine rings is 1. The van der Waals surface area contributed by atoms with E-state index in [1.165, 1.54) is 0 Å². The number of carbonyl (C=O) groups excluding carboxylic acids is 1. The Bertz CT molecular complexity index is 447. The molecule has 108 valence electrons. The van der Waals surface area contributed by atoms with Crippen LogP contribution in [0, 0.1) is 5.41 Å². The molecule has 5 heteroatoms. The average molecular weight is 275 g/mol. The number of anilines is 1. The van der Waals surface area contributed by atoms with E-state index < -0.39 is 0 Å². The molecule has 2 aliphatic heterocycles. The summed E-state index contributed by atoms with van der Waals surface area (Å²) >= 11 is 0. The zero-order valence-corrected chi connectivity index (χ0v) is 11.7. The predicted octanol–water partition coefficient (Wildman–Crippen LogP) is 2.51. The first kappa shape index (κ1) is 13.4. The molecule has 0 saturated carbocycles. The van der Waals surface area contributed by atoms with Crippen LogP contribution < -0.4 is 5.32 Å². The number of aromatic nitrogens is 1. The second-order valence-electron chi connectivity index (χ2n) is 5.77. The van der Waals surface area contributed by atoms with Crippen molar-refractivity contribution in [1.82, 2.24) is 9.88 Å². The van der Waals surface area contributed by atoms with E-state index in [-0.39, 0.29) is 6.03 Å². The summed E-state index contributed by atoms with van der Waals surface area (Å²) in [6.45, 7) is 3.43. The number of amides is 2. The van der Waals surface area contributed by atoms with E-state index >= 15 is 0 Å². The summed E-state index contributed by atoms with van der Waals surface area (Å²) in [7, 11) is 0. The lowest BCUT2D eigenvalue weighted by atomic mass is 9.72. The monoisotopic (exact) mass is 275 g/mol. The van der Waals surface area contributed by atoms with Crippen molar-refractivity contribution in [3.8, 4) is 0 Å². The summed E-state index contributed by atoms with van der Waals surface area (Å²) in [4.78, 5) is 18.1. The van der Waals surface area contributed by atoms with E-state index in [9.17, 15) is 4.79 Å². The Hall–Kier alpha value is -1.62. The lowest BCUT2D eigenvalue weighted by Crippen LogP contribution is -2.46. The lowest BCUT2D eigenvalue weighted by Gasteiger charge is -2.43. The number of hydrogen-bond donors (Lipinski definition) is 1. The molecule has 0 atom stereocenters. The number of hydrogen-bond acceptors (Lipinski definition) is 3. The first-order chi connectivity index (χ1) is 9.77. The summed E-state index contributed by atoms with van der Waals surface area (Å²) < 4.78 is 5.45. The van der Waals surface area contributed by atoms with Gasteiger partial charge in [0.05, 0.1) is 11.9 Å². The molecule has 0 aromatic carbocycles. The molecular formula is C15H21N3O2. The van der Waals surface area contributed by atoms with Crippen molar-refractivity contribution in [2.24, 2.45) is 5.41 Å². The van der Waals surface area contributed by atoms with Crippen molar-refractivity contribution < 1.29 is 9.53 Å². The van der Waals surface area contributed by atoms with Crippen LogP contribution in [-0.2, 0) is 4.74 Å². The highest BCUT2D eigenvalue weighted by Crippen LogP contribution is 2.40. The predicted molar refractivity (Wildman–Crippen MR) is 76.5 cm³/mol. The number of nitrogens with zero attached hydrogens (tertiary/aromatic N) is 2. The van der Waals surface area contributed by atoms with Gasteiger partial charge in [-0.2, -0.15) is 0 Å². The molecule has 2 amide bonds. The molecule has 1 N–H and O–H groups in total. The van der Waals surface area contributed by atoms with Crippen molar-refractivity contribution in [1.29, 1.82) is 0 Å². The first-order valence-electron chi connectivity index (χ1n) is 7.31. The quantitative estimate of drug-likeness (QED) is 0.856. The van der Waals surface area contributed by atoms with Crippen LogP contribution in [0.2, 0.25) is 0 Å². The van der Waals surface area contributed by atoms with E-state index in [0.717, 1.165) is 57.7 Å². The number of carbonyl (C=O) groups is 1. The number of urea groups is 1. The largest absolute Gasteiger partial charge is 0.381 e. The molecule has 2 saturated heterocycles. The lowest BCUT2D eigenvalue weighted by molar-refractivity contribution is -0.0138. The molecule has 0 bridgehead atoms. The zero-order valence-electron chi connectivity index (χ0n) is 11.7. The second kappa shape index (κ2) is 5.79. The number of nitrogens with one attached hydrogen (secondary N) is 1. The van der Waals surface area contributed by atoms with Gasteiger partial charge in [0.15, 0.2) is 0 Å². The fourth-order valence-corrected chi connectivity index (χ4v) is 3.13. The highest BCUT2D eigenvalue weighted by atomic mass is 16.5. The smallest absolute Gasteiger partial charge is 0.321 e. The maximum absolute atomic E-state index is 12.2. The van der Waals surface area contributed by atoms with Gasteiger partial charge in [0.2, 0.25) is 0 Å². The van der Waals surface area contributed by atoms with Gasteiger partial charge in [-0.25, -0.2) is 4.79 Å². The number of ether oxygens (including phenoxy) is 1. The third-order valence-electron chi connectivity index (χ3n) is 4.58. The Labute approximate surface area is 119 Å². The molecule has 3 rings (SSSR count). The highest BCUT2D eigenvalue weighted by Gasteiger charge is 2.37. The standard InChI is InChI=1S/C15H21N3O2/c19-14(17-13-2-1-7-16-12-13)18-8-3-15(4-9-18)5-10-20-11-6-15/h1-2,7,12H,3-6,8-11H2,(H,17,19). The normalized spacial score (nSPS) is 21.7. The summed E-state index contributed by atoms with van der Waals surface area (Å²) in [6.07, 6.45) is 7.84. The minimum atomic E-state index is -0.0140. The molecule has 1 spiro atoms. The van der Waals surface area contributed by atoms with E-state index in [4.69, 9.17) is 4.74 Å². The van der Waals surface area contributed by atoms with Crippen molar-refractivity contribution >= 4 is 11.7 Å². The summed E-state index contributed by atoms with van der Waals surface area (Å²) in [6, 6.07) is 3.66. The fourth-order valence-electron chi connectivity index (χ4n) is 3.13. The van der Waals surface area contributed by atoms with Gasteiger partial charge in [-0.3, -0.25) is 4.98 Å². The number of likely N-dealkylation sites (tertiary alicyclic amines) is 1. The average Bonchev–Trinajstić information content (AvgIpc) is 2.50. The van der Waals surface area contributed by atoms with Crippen molar-refractivity contribution in [3.63, 3.8) is 0 Å². The van der Waals surface area contributed by atoms with Gasteiger partial charge in [0, 0.05) is 32.5 Å². The summed E-state index contributed by atoms with van der Waals surface area (Å²) in [5, 5.41) is 2.90. The molecular weight excluding hydrogens is 254 g/mol. The Morgan fingerprint density at radius 3 is 2.65 bits per heavy atom.